The van der Waals surface area contributed by atoms with E-state index < -0.39 is 0 Å². The molecule has 0 radical (unpaired) electrons. The predicted molar refractivity (Wildman–Crippen MR) is 117 cm³/mol. The van der Waals surface area contributed by atoms with E-state index in [2.05, 4.69) is 13.0 Å². The Hall–Kier alpha value is -2.53. The number of aryl methyl sites for hydroxylation is 1. The maximum atomic E-state index is 12.9. The van der Waals surface area contributed by atoms with Crippen LogP contribution in [-0.2, 0) is 11.2 Å². The topological polar surface area (TPSA) is 50.3 Å². The molecule has 1 amide bonds. The first-order valence-corrected chi connectivity index (χ1v) is 11.2. The van der Waals surface area contributed by atoms with Crippen LogP contribution in [0.1, 0.15) is 66.0 Å². The number of ketones is 1. The van der Waals surface area contributed by atoms with E-state index in [9.17, 15) is 9.59 Å². The van der Waals surface area contributed by atoms with Crippen LogP contribution in [0.2, 0.25) is 0 Å². The zero-order chi connectivity index (χ0) is 20.2. The first kappa shape index (κ1) is 19.8. The van der Waals surface area contributed by atoms with Gasteiger partial charge < -0.3 is 4.90 Å². The summed E-state index contributed by atoms with van der Waals surface area (Å²) in [5, 5.41) is 1.01. The Bertz CT molecular complexity index is 976. The van der Waals surface area contributed by atoms with Crippen LogP contribution in [0.3, 0.4) is 0 Å². The number of hydrogen-bond acceptors (Lipinski definition) is 4. The number of thiazole rings is 1. The second kappa shape index (κ2) is 8.87. The van der Waals surface area contributed by atoms with E-state index in [-0.39, 0.29) is 30.6 Å². The monoisotopic (exact) mass is 406 g/mol. The molecule has 4 rings (SSSR count). The minimum absolute atomic E-state index is 0.0390. The number of carbonyl (C=O) groups excluding carboxylic acids is 2. The number of benzene rings is 2. The minimum Gasteiger partial charge on any atom is -0.333 e. The molecule has 5 heteroatoms. The third kappa shape index (κ3) is 4.40. The van der Waals surface area contributed by atoms with Gasteiger partial charge in [-0.25, -0.2) is 4.98 Å². The number of fused-ring (bicyclic) bond motifs is 1. The van der Waals surface area contributed by atoms with Crippen LogP contribution in [0.4, 0.5) is 0 Å². The maximum absolute atomic E-state index is 12.9. The van der Waals surface area contributed by atoms with Crippen molar-refractivity contribution < 1.29 is 9.59 Å². The summed E-state index contributed by atoms with van der Waals surface area (Å²) in [5.41, 5.74) is 2.94. The largest absolute Gasteiger partial charge is 0.333 e. The lowest BCUT2D eigenvalue weighted by molar-refractivity contribution is -0.132. The average Bonchev–Trinajstić information content (AvgIpc) is 3.39. The quantitative estimate of drug-likeness (QED) is 0.482. The molecule has 0 bridgehead atoms. The van der Waals surface area contributed by atoms with Crippen molar-refractivity contribution >= 4 is 33.2 Å². The van der Waals surface area contributed by atoms with Crippen LogP contribution < -0.4 is 0 Å². The third-order valence-corrected chi connectivity index (χ3v) is 6.69. The van der Waals surface area contributed by atoms with Crippen LogP contribution in [0, 0.1) is 0 Å². The molecule has 2 aromatic carbocycles. The van der Waals surface area contributed by atoms with Crippen molar-refractivity contribution in [2.24, 2.45) is 0 Å². The second-order valence-corrected chi connectivity index (χ2v) is 8.70. The Balaban J connectivity index is 1.38. The van der Waals surface area contributed by atoms with E-state index in [1.54, 1.807) is 11.3 Å². The average molecular weight is 407 g/mol. The van der Waals surface area contributed by atoms with E-state index in [0.717, 1.165) is 47.5 Å². The minimum atomic E-state index is 0.0390. The van der Waals surface area contributed by atoms with Gasteiger partial charge >= 0.3 is 0 Å². The fraction of sp³-hybridized carbons (Fsp3) is 0.375. The molecular weight excluding hydrogens is 380 g/mol. The predicted octanol–water partition coefficient (Wildman–Crippen LogP) is 5.58. The highest BCUT2D eigenvalue weighted by Crippen LogP contribution is 2.36. The van der Waals surface area contributed by atoms with Crippen molar-refractivity contribution in [3.63, 3.8) is 0 Å². The summed E-state index contributed by atoms with van der Waals surface area (Å²) in [5.74, 6) is 0.0971. The van der Waals surface area contributed by atoms with Crippen LogP contribution in [0.25, 0.3) is 10.2 Å². The number of rotatable bonds is 7. The van der Waals surface area contributed by atoms with Gasteiger partial charge in [0.25, 0.3) is 0 Å². The van der Waals surface area contributed by atoms with Crippen LogP contribution in [0.15, 0.2) is 48.5 Å². The number of para-hydroxylation sites is 1. The van der Waals surface area contributed by atoms with Gasteiger partial charge in [0.2, 0.25) is 5.91 Å². The normalized spacial score (nSPS) is 16.4. The van der Waals surface area contributed by atoms with Crippen LogP contribution in [0.5, 0.6) is 0 Å². The number of hydrogen-bond donors (Lipinski definition) is 0. The van der Waals surface area contributed by atoms with Crippen LogP contribution >= 0.6 is 11.3 Å². The van der Waals surface area contributed by atoms with Gasteiger partial charge in [0.1, 0.15) is 5.01 Å². The molecular formula is C24H26N2O2S. The standard InChI is InChI=1S/C24H26N2O2S/c1-2-6-17-10-12-18(13-11-17)21(27)14-15-23(28)26-16-5-8-20(26)24-25-19-7-3-4-9-22(19)29-24/h3-4,7,9-13,20H,2,5-6,8,14-16H2,1H3/t20-/m0/s1. The van der Waals surface area contributed by atoms with Crippen molar-refractivity contribution in [3.8, 4) is 0 Å². The van der Waals surface area contributed by atoms with E-state index in [1.807, 2.05) is 47.4 Å². The Labute approximate surface area is 175 Å². The van der Waals surface area contributed by atoms with Gasteiger partial charge in [0, 0.05) is 24.9 Å². The Kier molecular flexibility index (Phi) is 6.05. The first-order valence-electron chi connectivity index (χ1n) is 10.4. The molecule has 150 valence electrons. The second-order valence-electron chi connectivity index (χ2n) is 7.64. The molecule has 3 aromatic rings. The summed E-state index contributed by atoms with van der Waals surface area (Å²) >= 11 is 1.67. The fourth-order valence-corrected chi connectivity index (χ4v) is 5.12. The molecule has 0 saturated carbocycles. The molecule has 0 aliphatic carbocycles. The number of Topliss-reactive ketones (excluding diaryl/α,β-unsaturated/α-hetero) is 1. The van der Waals surface area contributed by atoms with Crippen molar-refractivity contribution in [1.82, 2.24) is 9.88 Å². The summed E-state index contributed by atoms with van der Waals surface area (Å²) in [7, 11) is 0. The van der Waals surface area contributed by atoms with Gasteiger partial charge in [0.15, 0.2) is 5.78 Å². The number of amides is 1. The lowest BCUT2D eigenvalue weighted by atomic mass is 10.0. The molecule has 2 heterocycles. The molecule has 1 aliphatic rings. The summed E-state index contributed by atoms with van der Waals surface area (Å²) < 4.78 is 1.16. The lowest BCUT2D eigenvalue weighted by Gasteiger charge is -2.23. The molecule has 1 atom stereocenters. The molecule has 0 N–H and O–H groups in total. The van der Waals surface area contributed by atoms with E-state index in [1.165, 1.54) is 5.56 Å². The fourth-order valence-electron chi connectivity index (χ4n) is 4.01. The van der Waals surface area contributed by atoms with Crippen molar-refractivity contribution in [2.75, 3.05) is 6.54 Å². The van der Waals surface area contributed by atoms with Gasteiger partial charge in [-0.2, -0.15) is 0 Å². The summed E-state index contributed by atoms with van der Waals surface area (Å²) in [6, 6.07) is 15.9. The summed E-state index contributed by atoms with van der Waals surface area (Å²) in [4.78, 5) is 32.1. The van der Waals surface area contributed by atoms with Gasteiger partial charge in [-0.3, -0.25) is 9.59 Å². The zero-order valence-corrected chi connectivity index (χ0v) is 17.6. The highest BCUT2D eigenvalue weighted by Gasteiger charge is 2.32. The number of aromatic nitrogens is 1. The Morgan fingerprint density at radius 2 is 1.90 bits per heavy atom. The van der Waals surface area contributed by atoms with Crippen molar-refractivity contribution in [2.45, 2.75) is 51.5 Å². The number of nitrogens with zero attached hydrogens (tertiary/aromatic N) is 2. The molecule has 1 fully saturated rings. The zero-order valence-electron chi connectivity index (χ0n) is 16.8. The van der Waals surface area contributed by atoms with Gasteiger partial charge in [0.05, 0.1) is 16.3 Å². The highest BCUT2D eigenvalue weighted by molar-refractivity contribution is 7.18. The summed E-state index contributed by atoms with van der Waals surface area (Å²) in [6.07, 6.45) is 4.56. The van der Waals surface area contributed by atoms with E-state index in [0.29, 0.717) is 5.56 Å². The van der Waals surface area contributed by atoms with Crippen LogP contribution in [-0.4, -0.2) is 28.1 Å². The van der Waals surface area contributed by atoms with Crippen molar-refractivity contribution in [1.29, 1.82) is 0 Å². The van der Waals surface area contributed by atoms with Crippen molar-refractivity contribution in [3.05, 3.63) is 64.7 Å². The Morgan fingerprint density at radius 1 is 1.10 bits per heavy atom. The summed E-state index contributed by atoms with van der Waals surface area (Å²) in [6.45, 7) is 2.89. The lowest BCUT2D eigenvalue weighted by Crippen LogP contribution is -2.30. The van der Waals surface area contributed by atoms with E-state index >= 15 is 0 Å². The Morgan fingerprint density at radius 3 is 2.66 bits per heavy atom. The number of carbonyl (C=O) groups is 2. The van der Waals surface area contributed by atoms with Gasteiger partial charge in [-0.05, 0) is 37.0 Å². The van der Waals surface area contributed by atoms with E-state index in [4.69, 9.17) is 4.98 Å². The first-order chi connectivity index (χ1) is 14.2. The van der Waals surface area contributed by atoms with Gasteiger partial charge in [-0.15, -0.1) is 11.3 Å². The molecule has 29 heavy (non-hydrogen) atoms. The maximum Gasteiger partial charge on any atom is 0.223 e. The molecule has 1 aliphatic heterocycles. The molecule has 1 saturated heterocycles. The smallest absolute Gasteiger partial charge is 0.223 e. The molecule has 0 unspecified atom stereocenters. The number of likely N-dealkylation sites (tertiary alicyclic amines) is 1. The third-order valence-electron chi connectivity index (χ3n) is 5.55. The molecule has 4 nitrogen and oxygen atoms in total. The highest BCUT2D eigenvalue weighted by atomic mass is 32.1. The molecule has 0 spiro atoms. The SMILES string of the molecule is CCCc1ccc(C(=O)CCC(=O)N2CCC[C@H]2c2nc3ccccc3s2)cc1. The van der Waals surface area contributed by atoms with Gasteiger partial charge in [-0.1, -0.05) is 49.7 Å². The molecule has 1 aromatic heterocycles.